The van der Waals surface area contributed by atoms with Crippen molar-refractivity contribution in [3.63, 3.8) is 0 Å². The average Bonchev–Trinajstić information content (AvgIpc) is 3.24. The van der Waals surface area contributed by atoms with E-state index in [1.807, 2.05) is 33.8 Å². The standard InChI is InChI=1S/C25H33ClN4O4/c1-7-30(18-9-10-29(14-18)24(32)34-25(4,5)6)21-12-17(20-13-22(26)28-15-27-20)11-19(16(21)3)23(31)33-8-2/h11-13,15,18H,7-10,14H2,1-6H3. The van der Waals surface area contributed by atoms with E-state index in [2.05, 4.69) is 21.8 Å². The Morgan fingerprint density at radius 2 is 1.94 bits per heavy atom. The summed E-state index contributed by atoms with van der Waals surface area (Å²) in [6.45, 7) is 13.5. The molecule has 1 atom stereocenters. The van der Waals surface area contributed by atoms with E-state index in [9.17, 15) is 9.59 Å². The van der Waals surface area contributed by atoms with Gasteiger partial charge in [-0.15, -0.1) is 0 Å². The van der Waals surface area contributed by atoms with Crippen LogP contribution in [0.4, 0.5) is 10.5 Å². The lowest BCUT2D eigenvalue weighted by Crippen LogP contribution is -2.41. The van der Waals surface area contributed by atoms with Gasteiger partial charge in [-0.2, -0.15) is 0 Å². The Kier molecular flexibility index (Phi) is 8.02. The van der Waals surface area contributed by atoms with Crippen molar-refractivity contribution in [1.82, 2.24) is 14.9 Å². The van der Waals surface area contributed by atoms with E-state index in [1.165, 1.54) is 6.33 Å². The first kappa shape index (κ1) is 25.7. The summed E-state index contributed by atoms with van der Waals surface area (Å²) in [4.78, 5) is 37.7. The number of ether oxygens (including phenoxy) is 2. The average molecular weight is 489 g/mol. The van der Waals surface area contributed by atoms with Crippen LogP contribution in [0.25, 0.3) is 11.3 Å². The summed E-state index contributed by atoms with van der Waals surface area (Å²) in [5, 5.41) is 0.320. The van der Waals surface area contributed by atoms with E-state index in [1.54, 1.807) is 24.0 Å². The number of nitrogens with zero attached hydrogens (tertiary/aromatic N) is 4. The van der Waals surface area contributed by atoms with Crippen LogP contribution in [0.2, 0.25) is 5.15 Å². The number of carbonyl (C=O) groups excluding carboxylic acids is 2. The lowest BCUT2D eigenvalue weighted by molar-refractivity contribution is 0.0292. The van der Waals surface area contributed by atoms with Gasteiger partial charge in [0, 0.05) is 43.0 Å². The second-order valence-electron chi connectivity index (χ2n) is 9.27. The minimum atomic E-state index is -0.544. The molecular formula is C25H33ClN4O4. The fraction of sp³-hybridized carbons (Fsp3) is 0.520. The number of carbonyl (C=O) groups is 2. The molecule has 1 aliphatic rings. The Balaban J connectivity index is 1.99. The van der Waals surface area contributed by atoms with Gasteiger partial charge in [-0.25, -0.2) is 19.6 Å². The number of likely N-dealkylation sites (N-methyl/N-ethyl adjacent to an activating group) is 1. The summed E-state index contributed by atoms with van der Waals surface area (Å²) in [6, 6.07) is 5.54. The molecule has 184 valence electrons. The zero-order valence-corrected chi connectivity index (χ0v) is 21.5. The van der Waals surface area contributed by atoms with Crippen LogP contribution in [-0.4, -0.2) is 64.8 Å². The SMILES string of the molecule is CCOC(=O)c1cc(-c2cc(Cl)ncn2)cc(N(CC)C2CCN(C(=O)OC(C)(C)C)C2)c1C. The van der Waals surface area contributed by atoms with Gasteiger partial charge < -0.3 is 19.3 Å². The van der Waals surface area contributed by atoms with Gasteiger partial charge in [-0.1, -0.05) is 11.6 Å². The topological polar surface area (TPSA) is 84.9 Å². The molecule has 8 nitrogen and oxygen atoms in total. The molecule has 2 heterocycles. The third-order valence-corrected chi connectivity index (χ3v) is 5.92. The summed E-state index contributed by atoms with van der Waals surface area (Å²) in [5.74, 6) is -0.388. The van der Waals surface area contributed by atoms with Crippen molar-refractivity contribution in [2.24, 2.45) is 0 Å². The zero-order valence-electron chi connectivity index (χ0n) is 20.7. The van der Waals surface area contributed by atoms with Gasteiger partial charge in [0.05, 0.1) is 17.9 Å². The van der Waals surface area contributed by atoms with Crippen LogP contribution in [0.15, 0.2) is 24.5 Å². The largest absolute Gasteiger partial charge is 0.462 e. The Labute approximate surface area is 206 Å². The number of likely N-dealkylation sites (tertiary alicyclic amines) is 1. The summed E-state index contributed by atoms with van der Waals surface area (Å²) in [5.41, 5.74) is 3.01. The maximum Gasteiger partial charge on any atom is 0.410 e. The van der Waals surface area contributed by atoms with Crippen LogP contribution in [0.1, 0.15) is 57.0 Å². The van der Waals surface area contributed by atoms with Gasteiger partial charge >= 0.3 is 12.1 Å². The summed E-state index contributed by atoms with van der Waals surface area (Å²) in [6.07, 6.45) is 1.89. The predicted molar refractivity (Wildman–Crippen MR) is 132 cm³/mol. The molecular weight excluding hydrogens is 456 g/mol. The molecule has 0 N–H and O–H groups in total. The molecule has 1 saturated heterocycles. The molecule has 1 aromatic heterocycles. The molecule has 0 radical (unpaired) electrons. The molecule has 9 heteroatoms. The maximum absolute atomic E-state index is 12.8. The lowest BCUT2D eigenvalue weighted by atomic mass is 9.98. The molecule has 0 bridgehead atoms. The number of esters is 1. The summed E-state index contributed by atoms with van der Waals surface area (Å²) >= 11 is 6.10. The Bertz CT molecular complexity index is 1050. The predicted octanol–water partition coefficient (Wildman–Crippen LogP) is 5.12. The summed E-state index contributed by atoms with van der Waals surface area (Å²) in [7, 11) is 0. The van der Waals surface area contributed by atoms with Crippen LogP contribution < -0.4 is 4.90 Å². The van der Waals surface area contributed by atoms with Crippen LogP contribution in [-0.2, 0) is 9.47 Å². The minimum Gasteiger partial charge on any atom is -0.462 e. The number of anilines is 1. The van der Waals surface area contributed by atoms with Crippen molar-refractivity contribution in [3.8, 4) is 11.3 Å². The molecule has 1 fully saturated rings. The number of amides is 1. The van der Waals surface area contributed by atoms with Crippen molar-refractivity contribution < 1.29 is 19.1 Å². The normalized spacial score (nSPS) is 15.9. The van der Waals surface area contributed by atoms with Gasteiger partial charge in [-0.05, 0) is 65.7 Å². The maximum atomic E-state index is 12.8. The van der Waals surface area contributed by atoms with E-state index in [0.717, 1.165) is 23.2 Å². The van der Waals surface area contributed by atoms with Crippen LogP contribution in [0, 0.1) is 6.92 Å². The van der Waals surface area contributed by atoms with E-state index >= 15 is 0 Å². The third-order valence-electron chi connectivity index (χ3n) is 5.71. The lowest BCUT2D eigenvalue weighted by Gasteiger charge is -2.32. The number of hydrogen-bond acceptors (Lipinski definition) is 7. The fourth-order valence-corrected chi connectivity index (χ4v) is 4.32. The van der Waals surface area contributed by atoms with Crippen molar-refractivity contribution in [3.05, 3.63) is 40.8 Å². The smallest absolute Gasteiger partial charge is 0.410 e. The quantitative estimate of drug-likeness (QED) is 0.412. The van der Waals surface area contributed by atoms with Gasteiger partial charge in [0.2, 0.25) is 0 Å². The first-order chi connectivity index (χ1) is 16.0. The van der Waals surface area contributed by atoms with Crippen molar-refractivity contribution >= 4 is 29.4 Å². The molecule has 2 aromatic rings. The molecule has 0 spiro atoms. The molecule has 3 rings (SSSR count). The Morgan fingerprint density at radius 1 is 1.21 bits per heavy atom. The number of rotatable bonds is 6. The summed E-state index contributed by atoms with van der Waals surface area (Å²) < 4.78 is 10.9. The Morgan fingerprint density at radius 3 is 2.56 bits per heavy atom. The van der Waals surface area contributed by atoms with E-state index in [0.29, 0.717) is 36.0 Å². The van der Waals surface area contributed by atoms with Gasteiger partial charge in [0.25, 0.3) is 0 Å². The van der Waals surface area contributed by atoms with Crippen molar-refractivity contribution in [2.75, 3.05) is 31.1 Å². The molecule has 34 heavy (non-hydrogen) atoms. The van der Waals surface area contributed by atoms with Crippen LogP contribution in [0.3, 0.4) is 0 Å². The number of halogens is 1. The van der Waals surface area contributed by atoms with Gasteiger partial charge in [0.1, 0.15) is 17.1 Å². The van der Waals surface area contributed by atoms with Gasteiger partial charge in [-0.3, -0.25) is 0 Å². The molecule has 1 unspecified atom stereocenters. The highest BCUT2D eigenvalue weighted by Gasteiger charge is 2.33. The molecule has 1 aromatic carbocycles. The third kappa shape index (κ3) is 5.97. The van der Waals surface area contributed by atoms with Crippen molar-refractivity contribution in [2.45, 2.75) is 59.6 Å². The first-order valence-electron chi connectivity index (χ1n) is 11.6. The number of hydrogen-bond donors (Lipinski definition) is 0. The fourth-order valence-electron chi connectivity index (χ4n) is 4.17. The van der Waals surface area contributed by atoms with E-state index in [4.69, 9.17) is 21.1 Å². The van der Waals surface area contributed by atoms with Gasteiger partial charge in [0.15, 0.2) is 0 Å². The monoisotopic (exact) mass is 488 g/mol. The zero-order chi connectivity index (χ0) is 25.0. The number of benzene rings is 1. The highest BCUT2D eigenvalue weighted by atomic mass is 35.5. The van der Waals surface area contributed by atoms with E-state index < -0.39 is 5.60 Å². The number of aromatic nitrogens is 2. The Hall–Kier alpha value is -2.87. The molecule has 1 aliphatic heterocycles. The second kappa shape index (κ2) is 10.6. The van der Waals surface area contributed by atoms with Crippen LogP contribution in [0.5, 0.6) is 0 Å². The molecule has 0 saturated carbocycles. The highest BCUT2D eigenvalue weighted by molar-refractivity contribution is 6.29. The van der Waals surface area contributed by atoms with Crippen molar-refractivity contribution in [1.29, 1.82) is 0 Å². The van der Waals surface area contributed by atoms with E-state index in [-0.39, 0.29) is 24.7 Å². The molecule has 1 amide bonds. The highest BCUT2D eigenvalue weighted by Crippen LogP contribution is 2.34. The van der Waals surface area contributed by atoms with Crippen LogP contribution >= 0.6 is 11.6 Å². The molecule has 0 aliphatic carbocycles. The first-order valence-corrected chi connectivity index (χ1v) is 12.0. The minimum absolute atomic E-state index is 0.0792. The second-order valence-corrected chi connectivity index (χ2v) is 9.66.